The van der Waals surface area contributed by atoms with E-state index in [4.69, 9.17) is 0 Å². The van der Waals surface area contributed by atoms with E-state index in [9.17, 15) is 0 Å². The summed E-state index contributed by atoms with van der Waals surface area (Å²) in [7, 11) is 0. The Kier molecular flexibility index (Phi) is 5.00. The van der Waals surface area contributed by atoms with Gasteiger partial charge in [-0.15, -0.1) is 5.10 Å². The number of aryl methyl sites for hydroxylation is 2. The van der Waals surface area contributed by atoms with E-state index in [1.54, 1.807) is 0 Å². The molecule has 1 aliphatic rings. The van der Waals surface area contributed by atoms with Crippen LogP contribution in [0.4, 0.5) is 0 Å². The zero-order valence-electron chi connectivity index (χ0n) is 16.5. The average Bonchev–Trinajstić information content (AvgIpc) is 3.17. The van der Waals surface area contributed by atoms with Gasteiger partial charge in [-0.1, -0.05) is 26.0 Å². The van der Waals surface area contributed by atoms with Crippen LogP contribution in [0.3, 0.4) is 0 Å². The predicted octanol–water partition coefficient (Wildman–Crippen LogP) is 3.18. The van der Waals surface area contributed by atoms with E-state index in [0.717, 1.165) is 43.7 Å². The van der Waals surface area contributed by atoms with Gasteiger partial charge in [-0.25, -0.2) is 4.68 Å². The van der Waals surface area contributed by atoms with Crippen molar-refractivity contribution >= 4 is 0 Å². The number of rotatable bonds is 4. The lowest BCUT2D eigenvalue weighted by atomic mass is 9.93. The third kappa shape index (κ3) is 3.94. The van der Waals surface area contributed by atoms with Crippen molar-refractivity contribution in [3.05, 3.63) is 28.8 Å². The third-order valence-corrected chi connectivity index (χ3v) is 5.56. The number of nitrogens with one attached hydrogen (secondary N) is 1. The lowest BCUT2D eigenvalue weighted by Crippen LogP contribution is -2.41. The van der Waals surface area contributed by atoms with Crippen molar-refractivity contribution in [2.24, 2.45) is 0 Å². The Hall–Kier alpha value is -1.69. The van der Waals surface area contributed by atoms with Crippen LogP contribution in [0.1, 0.15) is 69.2 Å². The highest BCUT2D eigenvalue weighted by Crippen LogP contribution is 2.26. The normalized spacial score (nSPS) is 18.6. The van der Waals surface area contributed by atoms with Gasteiger partial charge in [0.25, 0.3) is 0 Å². The zero-order chi connectivity index (χ0) is 18.2. The first-order valence-corrected chi connectivity index (χ1v) is 9.42. The van der Waals surface area contributed by atoms with Gasteiger partial charge < -0.3 is 4.90 Å². The largest absolute Gasteiger partial charge is 0.300 e. The van der Waals surface area contributed by atoms with Crippen LogP contribution >= 0.6 is 0 Å². The Morgan fingerprint density at radius 2 is 1.92 bits per heavy atom. The summed E-state index contributed by atoms with van der Waals surface area (Å²) < 4.78 is 2.09. The summed E-state index contributed by atoms with van der Waals surface area (Å²) in [6.45, 7) is 15.3. The molecular formula is C19H32N6. The standard InChI is InChI=1S/C19H32N6/c1-13(11-17-14(2)20-21-15(17)3)24-9-7-16(8-10-24)25-12-18(22-23-25)19(4,5)6/h12-13,16H,7-11H2,1-6H3,(H,20,21)/t13-/m0/s1. The molecule has 25 heavy (non-hydrogen) atoms. The van der Waals surface area contributed by atoms with Crippen LogP contribution in [0.25, 0.3) is 0 Å². The number of piperidine rings is 1. The second-order valence-corrected chi connectivity index (χ2v) is 8.57. The van der Waals surface area contributed by atoms with Gasteiger partial charge in [0.1, 0.15) is 0 Å². The SMILES string of the molecule is Cc1n[nH]c(C)c1C[C@H](C)N1CCC(n2cc(C(C)(C)C)nn2)CC1. The number of aromatic amines is 1. The maximum absolute atomic E-state index is 4.40. The van der Waals surface area contributed by atoms with E-state index < -0.39 is 0 Å². The van der Waals surface area contributed by atoms with E-state index in [1.807, 2.05) is 0 Å². The summed E-state index contributed by atoms with van der Waals surface area (Å²) in [4.78, 5) is 2.60. The van der Waals surface area contributed by atoms with Crippen molar-refractivity contribution in [2.75, 3.05) is 13.1 Å². The van der Waals surface area contributed by atoms with E-state index in [1.165, 1.54) is 11.3 Å². The summed E-state index contributed by atoms with van der Waals surface area (Å²) in [5.41, 5.74) is 4.86. The smallest absolute Gasteiger partial charge is 0.0880 e. The first-order valence-electron chi connectivity index (χ1n) is 9.42. The Balaban J connectivity index is 1.57. The summed E-state index contributed by atoms with van der Waals surface area (Å²) >= 11 is 0. The van der Waals surface area contributed by atoms with Crippen LogP contribution in [0.2, 0.25) is 0 Å². The lowest BCUT2D eigenvalue weighted by molar-refractivity contribution is 0.137. The molecule has 1 saturated heterocycles. The van der Waals surface area contributed by atoms with Gasteiger partial charge in [-0.3, -0.25) is 5.10 Å². The highest BCUT2D eigenvalue weighted by Gasteiger charge is 2.27. The monoisotopic (exact) mass is 344 g/mol. The van der Waals surface area contributed by atoms with Crippen LogP contribution < -0.4 is 0 Å². The van der Waals surface area contributed by atoms with Crippen LogP contribution in [0.5, 0.6) is 0 Å². The van der Waals surface area contributed by atoms with Crippen LogP contribution in [0.15, 0.2) is 6.20 Å². The van der Waals surface area contributed by atoms with Crippen molar-refractivity contribution in [3.63, 3.8) is 0 Å². The first kappa shape index (κ1) is 18.1. The molecule has 3 rings (SSSR count). The second-order valence-electron chi connectivity index (χ2n) is 8.57. The molecule has 0 bridgehead atoms. The van der Waals surface area contributed by atoms with Crippen molar-refractivity contribution in [3.8, 4) is 0 Å². The number of nitrogens with zero attached hydrogens (tertiary/aromatic N) is 5. The molecule has 0 aromatic carbocycles. The van der Waals surface area contributed by atoms with E-state index in [0.29, 0.717) is 12.1 Å². The molecule has 6 heteroatoms. The Morgan fingerprint density at radius 1 is 1.24 bits per heavy atom. The minimum absolute atomic E-state index is 0.0633. The molecule has 1 fully saturated rings. The molecule has 6 nitrogen and oxygen atoms in total. The fourth-order valence-electron chi connectivity index (χ4n) is 3.69. The van der Waals surface area contributed by atoms with Crippen molar-refractivity contribution in [1.29, 1.82) is 0 Å². The molecule has 2 aromatic rings. The van der Waals surface area contributed by atoms with Gasteiger partial charge in [0.2, 0.25) is 0 Å². The summed E-state index contributed by atoms with van der Waals surface area (Å²) in [5.74, 6) is 0. The molecule has 0 radical (unpaired) electrons. The topological polar surface area (TPSA) is 62.6 Å². The molecule has 0 saturated carbocycles. The fourth-order valence-corrected chi connectivity index (χ4v) is 3.69. The van der Waals surface area contributed by atoms with Crippen LogP contribution in [-0.2, 0) is 11.8 Å². The molecule has 1 aliphatic heterocycles. The maximum Gasteiger partial charge on any atom is 0.0880 e. The summed E-state index contributed by atoms with van der Waals surface area (Å²) in [6, 6.07) is 1.02. The minimum atomic E-state index is 0.0633. The summed E-state index contributed by atoms with van der Waals surface area (Å²) in [6.07, 6.45) is 5.49. The molecule has 0 unspecified atom stereocenters. The van der Waals surface area contributed by atoms with E-state index in [-0.39, 0.29) is 5.41 Å². The number of hydrogen-bond donors (Lipinski definition) is 1. The Morgan fingerprint density at radius 3 is 2.44 bits per heavy atom. The van der Waals surface area contributed by atoms with E-state index >= 15 is 0 Å². The minimum Gasteiger partial charge on any atom is -0.300 e. The van der Waals surface area contributed by atoms with Crippen molar-refractivity contribution in [1.82, 2.24) is 30.1 Å². The Bertz CT molecular complexity index is 680. The van der Waals surface area contributed by atoms with Crippen LogP contribution in [-0.4, -0.2) is 49.2 Å². The highest BCUT2D eigenvalue weighted by molar-refractivity contribution is 5.24. The highest BCUT2D eigenvalue weighted by atomic mass is 15.4. The van der Waals surface area contributed by atoms with Gasteiger partial charge in [0.15, 0.2) is 0 Å². The molecule has 0 spiro atoms. The number of aromatic nitrogens is 5. The van der Waals surface area contributed by atoms with Crippen molar-refractivity contribution in [2.45, 2.75) is 78.3 Å². The molecule has 3 heterocycles. The van der Waals surface area contributed by atoms with Gasteiger partial charge in [-0.05, 0) is 45.6 Å². The fraction of sp³-hybridized carbons (Fsp3) is 0.737. The molecule has 1 atom stereocenters. The predicted molar refractivity (Wildman–Crippen MR) is 99.8 cm³/mol. The van der Waals surface area contributed by atoms with Crippen LogP contribution in [0, 0.1) is 13.8 Å². The molecule has 1 N–H and O–H groups in total. The third-order valence-electron chi connectivity index (χ3n) is 5.56. The first-order chi connectivity index (χ1) is 11.8. The molecular weight excluding hydrogens is 312 g/mol. The summed E-state index contributed by atoms with van der Waals surface area (Å²) in [5, 5.41) is 16.2. The van der Waals surface area contributed by atoms with Crippen molar-refractivity contribution < 1.29 is 0 Å². The second kappa shape index (κ2) is 6.90. The molecule has 138 valence electrons. The van der Waals surface area contributed by atoms with Gasteiger partial charge >= 0.3 is 0 Å². The van der Waals surface area contributed by atoms with E-state index in [2.05, 4.69) is 77.8 Å². The molecule has 2 aromatic heterocycles. The quantitative estimate of drug-likeness (QED) is 0.925. The zero-order valence-corrected chi connectivity index (χ0v) is 16.5. The van der Waals surface area contributed by atoms with Gasteiger partial charge in [0.05, 0.1) is 17.4 Å². The number of H-pyrrole nitrogens is 1. The van der Waals surface area contributed by atoms with Gasteiger partial charge in [-0.2, -0.15) is 5.10 Å². The Labute approximate surface area is 151 Å². The molecule has 0 aliphatic carbocycles. The average molecular weight is 345 g/mol. The lowest BCUT2D eigenvalue weighted by Gasteiger charge is -2.36. The van der Waals surface area contributed by atoms with Gasteiger partial charge in [0, 0.05) is 36.4 Å². The number of likely N-dealkylation sites (tertiary alicyclic amines) is 1. The number of hydrogen-bond acceptors (Lipinski definition) is 4. The molecule has 0 amide bonds. The maximum atomic E-state index is 4.40.